The molecule has 104 valence electrons. The molecule has 0 saturated carbocycles. The van der Waals surface area contributed by atoms with Gasteiger partial charge < -0.3 is 0 Å². The second-order valence-corrected chi connectivity index (χ2v) is 6.48. The molecule has 0 aromatic heterocycles. The lowest BCUT2D eigenvalue weighted by molar-refractivity contribution is 0.0945. The quantitative estimate of drug-likeness (QED) is 0.825. The third-order valence-corrected chi connectivity index (χ3v) is 4.18. The monoisotopic (exact) mass is 354 g/mol. The molecule has 0 atom stereocenters. The fourth-order valence-electron chi connectivity index (χ4n) is 1.47. The molecule has 2 aromatic carbocycles. The first-order valence-corrected chi connectivity index (χ1v) is 7.89. The summed E-state index contributed by atoms with van der Waals surface area (Å²) in [6.45, 7) is 0. The van der Waals surface area contributed by atoms with E-state index in [-0.39, 0.29) is 4.90 Å². The molecule has 2 aromatic rings. The molecule has 20 heavy (non-hydrogen) atoms. The third-order valence-electron chi connectivity index (χ3n) is 2.44. The van der Waals surface area contributed by atoms with Crippen molar-refractivity contribution in [3.63, 3.8) is 0 Å². The Labute approximate surface area is 125 Å². The number of amides is 1. The Morgan fingerprint density at radius 1 is 1.00 bits per heavy atom. The topological polar surface area (TPSA) is 75.3 Å². The van der Waals surface area contributed by atoms with Gasteiger partial charge in [0.1, 0.15) is 0 Å². The predicted octanol–water partition coefficient (Wildman–Crippen LogP) is 2.07. The number of hydrazine groups is 1. The molecule has 0 fully saturated rings. The SMILES string of the molecule is O=C(NNS(=O)(=O)c1cccc(Br)c1)c1ccccc1. The van der Waals surface area contributed by atoms with Gasteiger partial charge in [-0.1, -0.05) is 40.2 Å². The standard InChI is InChI=1S/C13H11BrN2O3S/c14-11-7-4-8-12(9-11)20(18,19)16-15-13(17)10-5-2-1-3-6-10/h1-9,16H,(H,15,17). The van der Waals surface area contributed by atoms with Gasteiger partial charge in [-0.3, -0.25) is 10.2 Å². The van der Waals surface area contributed by atoms with Gasteiger partial charge in [0.25, 0.3) is 15.9 Å². The molecule has 0 saturated heterocycles. The first-order chi connectivity index (χ1) is 9.49. The zero-order valence-electron chi connectivity index (χ0n) is 10.2. The molecule has 0 unspecified atom stereocenters. The maximum Gasteiger partial charge on any atom is 0.266 e. The Hall–Kier alpha value is -1.70. The highest BCUT2D eigenvalue weighted by molar-refractivity contribution is 9.10. The molecule has 0 aliphatic heterocycles. The predicted molar refractivity (Wildman–Crippen MR) is 78.4 cm³/mol. The summed E-state index contributed by atoms with van der Waals surface area (Å²) in [5.41, 5.74) is 2.53. The van der Waals surface area contributed by atoms with Crippen molar-refractivity contribution in [2.75, 3.05) is 0 Å². The molecule has 5 nitrogen and oxygen atoms in total. The van der Waals surface area contributed by atoms with Crippen molar-refractivity contribution >= 4 is 31.9 Å². The Balaban J connectivity index is 2.09. The van der Waals surface area contributed by atoms with Crippen LogP contribution < -0.4 is 10.3 Å². The summed E-state index contributed by atoms with van der Waals surface area (Å²) in [7, 11) is -3.80. The summed E-state index contributed by atoms with van der Waals surface area (Å²) in [5, 5.41) is 0. The molecule has 0 aliphatic carbocycles. The van der Waals surface area contributed by atoms with Gasteiger partial charge in [0.2, 0.25) is 0 Å². The molecular formula is C13H11BrN2O3S. The van der Waals surface area contributed by atoms with Crippen molar-refractivity contribution in [1.82, 2.24) is 10.3 Å². The van der Waals surface area contributed by atoms with Crippen molar-refractivity contribution in [3.8, 4) is 0 Å². The van der Waals surface area contributed by atoms with E-state index in [9.17, 15) is 13.2 Å². The number of nitrogens with one attached hydrogen (secondary N) is 2. The third kappa shape index (κ3) is 3.66. The van der Waals surface area contributed by atoms with Crippen LogP contribution in [0, 0.1) is 0 Å². The minimum Gasteiger partial charge on any atom is -0.273 e. The highest BCUT2D eigenvalue weighted by Crippen LogP contribution is 2.15. The Bertz CT molecular complexity index is 717. The summed E-state index contributed by atoms with van der Waals surface area (Å²) in [6.07, 6.45) is 0. The van der Waals surface area contributed by atoms with Crippen LogP contribution in [0.4, 0.5) is 0 Å². The van der Waals surface area contributed by atoms with E-state index < -0.39 is 15.9 Å². The minimum atomic E-state index is -3.80. The molecule has 7 heteroatoms. The van der Waals surface area contributed by atoms with Crippen LogP contribution >= 0.6 is 15.9 Å². The van der Waals surface area contributed by atoms with Gasteiger partial charge in [-0.2, -0.15) is 0 Å². The van der Waals surface area contributed by atoms with Crippen molar-refractivity contribution in [2.45, 2.75) is 4.90 Å². The molecule has 0 spiro atoms. The molecule has 0 radical (unpaired) electrons. The number of halogens is 1. The zero-order chi connectivity index (χ0) is 14.6. The van der Waals surface area contributed by atoms with Gasteiger partial charge in [-0.25, -0.2) is 8.42 Å². The Morgan fingerprint density at radius 2 is 1.70 bits per heavy atom. The molecule has 2 N–H and O–H groups in total. The van der Waals surface area contributed by atoms with E-state index in [1.807, 2.05) is 0 Å². The number of carbonyl (C=O) groups is 1. The summed E-state index contributed by atoms with van der Waals surface area (Å²) >= 11 is 3.19. The van der Waals surface area contributed by atoms with E-state index in [0.29, 0.717) is 10.0 Å². The average Bonchev–Trinajstić information content (AvgIpc) is 2.46. The van der Waals surface area contributed by atoms with Crippen LogP contribution in [0.1, 0.15) is 10.4 Å². The second-order valence-electron chi connectivity index (χ2n) is 3.88. The summed E-state index contributed by atoms with van der Waals surface area (Å²) in [5.74, 6) is -0.524. The van der Waals surface area contributed by atoms with Gasteiger partial charge in [-0.05, 0) is 30.3 Å². The van der Waals surface area contributed by atoms with Crippen LogP contribution in [-0.2, 0) is 10.0 Å². The molecule has 2 rings (SSSR count). The van der Waals surface area contributed by atoms with E-state index in [0.717, 1.165) is 0 Å². The Morgan fingerprint density at radius 3 is 2.35 bits per heavy atom. The van der Waals surface area contributed by atoms with Crippen LogP contribution in [0.3, 0.4) is 0 Å². The second kappa shape index (κ2) is 6.17. The lowest BCUT2D eigenvalue weighted by atomic mass is 10.2. The van der Waals surface area contributed by atoms with Crippen LogP contribution in [0.5, 0.6) is 0 Å². The number of benzene rings is 2. The van der Waals surface area contributed by atoms with Gasteiger partial charge in [0.15, 0.2) is 0 Å². The van der Waals surface area contributed by atoms with Crippen LogP contribution in [-0.4, -0.2) is 14.3 Å². The Kier molecular flexibility index (Phi) is 4.53. The van der Waals surface area contributed by atoms with E-state index in [4.69, 9.17) is 0 Å². The first kappa shape index (κ1) is 14.7. The van der Waals surface area contributed by atoms with E-state index >= 15 is 0 Å². The smallest absolute Gasteiger partial charge is 0.266 e. The van der Waals surface area contributed by atoms with E-state index in [1.165, 1.54) is 12.1 Å². The summed E-state index contributed by atoms with van der Waals surface area (Å²) < 4.78 is 24.6. The fraction of sp³-hybridized carbons (Fsp3) is 0. The maximum absolute atomic E-state index is 12.0. The first-order valence-electron chi connectivity index (χ1n) is 5.62. The number of carbonyl (C=O) groups excluding carboxylic acids is 1. The van der Waals surface area contributed by atoms with Crippen LogP contribution in [0.25, 0.3) is 0 Å². The average molecular weight is 355 g/mol. The van der Waals surface area contributed by atoms with Gasteiger partial charge in [-0.15, -0.1) is 4.83 Å². The molecule has 0 bridgehead atoms. The van der Waals surface area contributed by atoms with E-state index in [2.05, 4.69) is 26.2 Å². The lowest BCUT2D eigenvalue weighted by Crippen LogP contribution is -2.41. The van der Waals surface area contributed by atoms with Gasteiger partial charge >= 0.3 is 0 Å². The van der Waals surface area contributed by atoms with Crippen LogP contribution in [0.15, 0.2) is 64.0 Å². The zero-order valence-corrected chi connectivity index (χ0v) is 12.6. The number of hydrogen-bond donors (Lipinski definition) is 2. The van der Waals surface area contributed by atoms with Crippen molar-refractivity contribution < 1.29 is 13.2 Å². The normalized spacial score (nSPS) is 11.1. The van der Waals surface area contributed by atoms with Crippen molar-refractivity contribution in [1.29, 1.82) is 0 Å². The lowest BCUT2D eigenvalue weighted by Gasteiger charge is -2.08. The van der Waals surface area contributed by atoms with Gasteiger partial charge in [0.05, 0.1) is 4.90 Å². The molecule has 1 amide bonds. The summed E-state index contributed by atoms with van der Waals surface area (Å²) in [4.78, 5) is 13.9. The molecule has 0 heterocycles. The largest absolute Gasteiger partial charge is 0.273 e. The summed E-state index contributed by atoms with van der Waals surface area (Å²) in [6, 6.07) is 14.5. The number of hydrogen-bond acceptors (Lipinski definition) is 3. The van der Waals surface area contributed by atoms with Crippen molar-refractivity contribution in [3.05, 3.63) is 64.6 Å². The van der Waals surface area contributed by atoms with Crippen molar-refractivity contribution in [2.24, 2.45) is 0 Å². The highest BCUT2D eigenvalue weighted by atomic mass is 79.9. The maximum atomic E-state index is 12.0. The highest BCUT2D eigenvalue weighted by Gasteiger charge is 2.15. The molecular weight excluding hydrogens is 344 g/mol. The van der Waals surface area contributed by atoms with Crippen LogP contribution in [0.2, 0.25) is 0 Å². The van der Waals surface area contributed by atoms with Gasteiger partial charge in [0, 0.05) is 10.0 Å². The fourth-order valence-corrected chi connectivity index (χ4v) is 2.90. The number of rotatable bonds is 4. The number of sulfonamides is 1. The minimum absolute atomic E-state index is 0.0558. The molecule has 0 aliphatic rings. The van der Waals surface area contributed by atoms with E-state index in [1.54, 1.807) is 42.5 Å².